The first-order valence-electron chi connectivity index (χ1n) is 12.0. The lowest BCUT2D eigenvalue weighted by Gasteiger charge is -2.58. The van der Waals surface area contributed by atoms with Crippen LogP contribution in [-0.4, -0.2) is 29.1 Å². The second-order valence-electron chi connectivity index (χ2n) is 9.75. The van der Waals surface area contributed by atoms with Crippen LogP contribution in [0.15, 0.2) is 91.0 Å². The van der Waals surface area contributed by atoms with Crippen LogP contribution in [0.3, 0.4) is 0 Å². The first kappa shape index (κ1) is 19.3. The first-order chi connectivity index (χ1) is 15.4. The predicted molar refractivity (Wildman–Crippen MR) is 127 cm³/mol. The van der Waals surface area contributed by atoms with Gasteiger partial charge in [-0.05, 0) is 48.3 Å². The third kappa shape index (κ3) is 3.52. The van der Waals surface area contributed by atoms with Crippen molar-refractivity contribution >= 4 is 0 Å². The van der Waals surface area contributed by atoms with Gasteiger partial charge in [-0.1, -0.05) is 91.0 Å². The first-order valence-corrected chi connectivity index (χ1v) is 12.0. The number of nitrogens with zero attached hydrogens (tertiary/aromatic N) is 1. The summed E-state index contributed by atoms with van der Waals surface area (Å²) in [4.78, 5) is 2.95. The van der Waals surface area contributed by atoms with E-state index in [0.29, 0.717) is 18.0 Å². The number of hydrogen-bond donors (Lipinski definition) is 1. The van der Waals surface area contributed by atoms with E-state index in [1.807, 2.05) is 0 Å². The molecule has 0 saturated carbocycles. The van der Waals surface area contributed by atoms with E-state index in [1.165, 1.54) is 42.4 Å². The summed E-state index contributed by atoms with van der Waals surface area (Å²) >= 11 is 0. The molecular formula is C29H32N2. The Labute approximate surface area is 186 Å². The minimum absolute atomic E-state index is 0.405. The SMILES string of the molecule is c1ccc(CN[C@@H]2C3CC4CCC(C3)N4[C@@H]2C(c2ccccc2)c2ccccc2)cc1. The fourth-order valence-corrected chi connectivity index (χ4v) is 6.91. The van der Waals surface area contributed by atoms with Crippen molar-refractivity contribution in [2.75, 3.05) is 0 Å². The summed E-state index contributed by atoms with van der Waals surface area (Å²) in [5.41, 5.74) is 4.30. The molecule has 0 spiro atoms. The van der Waals surface area contributed by atoms with Gasteiger partial charge in [-0.3, -0.25) is 4.90 Å². The molecular weight excluding hydrogens is 376 g/mol. The molecule has 0 radical (unpaired) electrons. The Balaban J connectivity index is 1.40. The smallest absolute Gasteiger partial charge is 0.0367 e. The molecule has 2 heteroatoms. The Morgan fingerprint density at radius 2 is 1.23 bits per heavy atom. The Kier molecular flexibility index (Phi) is 5.13. The number of piperidine rings is 3. The zero-order chi connectivity index (χ0) is 20.6. The van der Waals surface area contributed by atoms with Crippen molar-refractivity contribution in [1.82, 2.24) is 10.2 Å². The maximum absolute atomic E-state index is 4.07. The van der Waals surface area contributed by atoms with E-state index in [9.17, 15) is 0 Å². The van der Waals surface area contributed by atoms with Crippen LogP contribution in [-0.2, 0) is 6.54 Å². The van der Waals surface area contributed by atoms with E-state index in [2.05, 4.69) is 101 Å². The standard InChI is InChI=1S/C29H32N2/c1-4-10-21(11-5-1)20-30-28-24-18-25-16-17-26(19-24)31(25)29(28)27(22-12-6-2-7-13-22)23-14-8-3-9-15-23/h1-15,24-30H,16-20H2/t24?,25?,26?,28-,29-/m1/s1. The van der Waals surface area contributed by atoms with E-state index in [-0.39, 0.29) is 0 Å². The molecule has 31 heavy (non-hydrogen) atoms. The zero-order valence-electron chi connectivity index (χ0n) is 18.1. The average Bonchev–Trinajstić information content (AvgIpc) is 3.13. The minimum atomic E-state index is 0.405. The molecule has 4 atom stereocenters. The lowest BCUT2D eigenvalue weighted by Crippen LogP contribution is -2.68. The Morgan fingerprint density at radius 1 is 0.710 bits per heavy atom. The summed E-state index contributed by atoms with van der Waals surface area (Å²) < 4.78 is 0. The van der Waals surface area contributed by atoms with Gasteiger partial charge in [0.15, 0.2) is 0 Å². The highest BCUT2D eigenvalue weighted by molar-refractivity contribution is 5.37. The monoisotopic (exact) mass is 408 g/mol. The van der Waals surface area contributed by atoms with Gasteiger partial charge in [-0.25, -0.2) is 0 Å². The topological polar surface area (TPSA) is 15.3 Å². The minimum Gasteiger partial charge on any atom is -0.308 e. The lowest BCUT2D eigenvalue weighted by atomic mass is 9.68. The van der Waals surface area contributed by atoms with Crippen LogP contribution in [0.4, 0.5) is 0 Å². The third-order valence-corrected chi connectivity index (χ3v) is 8.09. The molecule has 158 valence electrons. The van der Waals surface area contributed by atoms with Gasteiger partial charge in [0.05, 0.1) is 0 Å². The molecule has 4 heterocycles. The van der Waals surface area contributed by atoms with E-state index >= 15 is 0 Å². The van der Waals surface area contributed by atoms with Gasteiger partial charge >= 0.3 is 0 Å². The number of benzene rings is 3. The van der Waals surface area contributed by atoms with Crippen molar-refractivity contribution in [1.29, 1.82) is 0 Å². The Morgan fingerprint density at radius 3 is 1.77 bits per heavy atom. The zero-order valence-corrected chi connectivity index (χ0v) is 18.1. The van der Waals surface area contributed by atoms with Crippen LogP contribution in [0.25, 0.3) is 0 Å². The fraction of sp³-hybridized carbons (Fsp3) is 0.379. The van der Waals surface area contributed by atoms with E-state index in [1.54, 1.807) is 0 Å². The number of hydrogen-bond acceptors (Lipinski definition) is 2. The Bertz CT molecular complexity index is 934. The van der Waals surface area contributed by atoms with Crippen molar-refractivity contribution in [2.45, 2.75) is 62.3 Å². The van der Waals surface area contributed by atoms with Crippen LogP contribution in [0.2, 0.25) is 0 Å². The quantitative estimate of drug-likeness (QED) is 0.571. The largest absolute Gasteiger partial charge is 0.308 e. The lowest BCUT2D eigenvalue weighted by molar-refractivity contribution is -0.0464. The molecule has 3 aromatic carbocycles. The molecule has 4 bridgehead atoms. The predicted octanol–water partition coefficient (Wildman–Crippen LogP) is 5.60. The summed E-state index contributed by atoms with van der Waals surface area (Å²) in [7, 11) is 0. The van der Waals surface area contributed by atoms with Crippen molar-refractivity contribution in [3.63, 3.8) is 0 Å². The number of rotatable bonds is 6. The van der Waals surface area contributed by atoms with Crippen LogP contribution < -0.4 is 5.32 Å². The van der Waals surface area contributed by atoms with Gasteiger partial charge in [0.2, 0.25) is 0 Å². The van der Waals surface area contributed by atoms with Crippen LogP contribution >= 0.6 is 0 Å². The summed E-state index contributed by atoms with van der Waals surface area (Å²) in [5.74, 6) is 1.19. The Hall–Kier alpha value is -2.42. The van der Waals surface area contributed by atoms with Gasteiger partial charge in [0.1, 0.15) is 0 Å². The fourth-order valence-electron chi connectivity index (χ4n) is 6.91. The van der Waals surface area contributed by atoms with Crippen LogP contribution in [0, 0.1) is 5.92 Å². The van der Waals surface area contributed by atoms with Crippen molar-refractivity contribution in [2.24, 2.45) is 5.92 Å². The van der Waals surface area contributed by atoms with Crippen LogP contribution in [0.1, 0.15) is 48.3 Å². The summed E-state index contributed by atoms with van der Waals surface area (Å²) in [6, 6.07) is 36.0. The second-order valence-corrected chi connectivity index (χ2v) is 9.75. The molecule has 1 N–H and O–H groups in total. The normalized spacial score (nSPS) is 31.3. The molecule has 7 rings (SSSR count). The highest BCUT2D eigenvalue weighted by atomic mass is 15.3. The average molecular weight is 409 g/mol. The molecule has 2 nitrogen and oxygen atoms in total. The molecule has 4 aliphatic heterocycles. The van der Waals surface area contributed by atoms with Crippen LogP contribution in [0.5, 0.6) is 0 Å². The summed E-state index contributed by atoms with van der Waals surface area (Å²) in [6.45, 7) is 0.956. The van der Waals surface area contributed by atoms with Gasteiger partial charge in [0, 0.05) is 36.6 Å². The molecule has 4 saturated heterocycles. The van der Waals surface area contributed by atoms with Gasteiger partial charge in [-0.2, -0.15) is 0 Å². The summed E-state index contributed by atoms with van der Waals surface area (Å²) in [5, 5.41) is 4.07. The molecule has 2 unspecified atom stereocenters. The molecule has 4 fully saturated rings. The van der Waals surface area contributed by atoms with E-state index in [0.717, 1.165) is 24.5 Å². The molecule has 4 aliphatic rings. The molecule has 0 aromatic heterocycles. The maximum Gasteiger partial charge on any atom is 0.0367 e. The molecule has 0 aliphatic carbocycles. The number of fused-ring (bicyclic) bond motifs is 1. The van der Waals surface area contributed by atoms with E-state index in [4.69, 9.17) is 0 Å². The third-order valence-electron chi connectivity index (χ3n) is 8.09. The van der Waals surface area contributed by atoms with Crippen molar-refractivity contribution in [3.8, 4) is 0 Å². The van der Waals surface area contributed by atoms with Crippen molar-refractivity contribution in [3.05, 3.63) is 108 Å². The highest BCUT2D eigenvalue weighted by Gasteiger charge is 2.56. The number of nitrogens with one attached hydrogen (secondary N) is 1. The van der Waals surface area contributed by atoms with Crippen molar-refractivity contribution < 1.29 is 0 Å². The molecule has 0 amide bonds. The van der Waals surface area contributed by atoms with E-state index < -0.39 is 0 Å². The van der Waals surface area contributed by atoms with Gasteiger partial charge in [-0.15, -0.1) is 0 Å². The van der Waals surface area contributed by atoms with Gasteiger partial charge in [0.25, 0.3) is 0 Å². The van der Waals surface area contributed by atoms with Gasteiger partial charge < -0.3 is 5.32 Å². The molecule has 3 aromatic rings. The second kappa shape index (κ2) is 8.26. The highest BCUT2D eigenvalue weighted by Crippen LogP contribution is 2.51. The summed E-state index contributed by atoms with van der Waals surface area (Å²) in [6.07, 6.45) is 5.52. The maximum atomic E-state index is 4.07.